The summed E-state index contributed by atoms with van der Waals surface area (Å²) >= 11 is 5.45. The summed E-state index contributed by atoms with van der Waals surface area (Å²) < 4.78 is 1.25. The fourth-order valence-corrected chi connectivity index (χ4v) is 3.25. The van der Waals surface area contributed by atoms with E-state index >= 15 is 0 Å². The van der Waals surface area contributed by atoms with Crippen molar-refractivity contribution in [2.24, 2.45) is 5.92 Å². The molecule has 0 spiro atoms. The highest BCUT2D eigenvalue weighted by atomic mass is 79.9. The van der Waals surface area contributed by atoms with Crippen molar-refractivity contribution >= 4 is 27.3 Å². The molecule has 17 heavy (non-hydrogen) atoms. The lowest BCUT2D eigenvalue weighted by atomic mass is 10.2. The Balaban J connectivity index is 2.54. The lowest BCUT2D eigenvalue weighted by Gasteiger charge is -2.25. The second-order valence-corrected chi connectivity index (χ2v) is 6.98. The van der Waals surface area contributed by atoms with Crippen LogP contribution in [0.2, 0.25) is 0 Å². The van der Waals surface area contributed by atoms with Crippen LogP contribution in [0.4, 0.5) is 0 Å². The molecule has 1 aromatic rings. The van der Waals surface area contributed by atoms with E-state index in [0.717, 1.165) is 32.1 Å². The standard InChI is InChI=1S/C13H23BrN2S/c1-11(2)9-16(7-6-15(3)4)10-13-12(14)5-8-17-13/h5,8,11H,6-7,9-10H2,1-4H3. The van der Waals surface area contributed by atoms with Crippen molar-refractivity contribution in [2.75, 3.05) is 33.7 Å². The summed E-state index contributed by atoms with van der Waals surface area (Å²) in [6.45, 7) is 9.05. The zero-order chi connectivity index (χ0) is 12.8. The van der Waals surface area contributed by atoms with Crippen molar-refractivity contribution in [3.63, 3.8) is 0 Å². The highest BCUT2D eigenvalue weighted by molar-refractivity contribution is 9.10. The number of rotatable bonds is 7. The van der Waals surface area contributed by atoms with Gasteiger partial charge in [-0.25, -0.2) is 0 Å². The summed E-state index contributed by atoms with van der Waals surface area (Å²) in [5, 5.41) is 2.15. The van der Waals surface area contributed by atoms with E-state index in [2.05, 4.69) is 65.1 Å². The average Bonchev–Trinajstić information content (AvgIpc) is 2.60. The molecule has 1 heterocycles. The first-order chi connectivity index (χ1) is 7.99. The SMILES string of the molecule is CC(C)CN(CCN(C)C)Cc1sccc1Br. The van der Waals surface area contributed by atoms with E-state index < -0.39 is 0 Å². The van der Waals surface area contributed by atoms with Crippen molar-refractivity contribution in [3.05, 3.63) is 20.8 Å². The highest BCUT2D eigenvalue weighted by Gasteiger charge is 2.11. The summed E-state index contributed by atoms with van der Waals surface area (Å²) in [5.41, 5.74) is 0. The van der Waals surface area contributed by atoms with Crippen LogP contribution in [-0.4, -0.2) is 43.5 Å². The van der Waals surface area contributed by atoms with Gasteiger partial charge >= 0.3 is 0 Å². The molecule has 0 aliphatic carbocycles. The summed E-state index contributed by atoms with van der Waals surface area (Å²) in [7, 11) is 4.27. The molecule has 0 N–H and O–H groups in total. The van der Waals surface area contributed by atoms with Gasteiger partial charge in [-0.05, 0) is 47.4 Å². The molecular weight excluding hydrogens is 296 g/mol. The Morgan fingerprint density at radius 3 is 2.47 bits per heavy atom. The molecule has 0 radical (unpaired) electrons. The molecule has 98 valence electrons. The first-order valence-electron chi connectivity index (χ1n) is 6.08. The second-order valence-electron chi connectivity index (χ2n) is 5.12. The number of nitrogens with zero attached hydrogens (tertiary/aromatic N) is 2. The van der Waals surface area contributed by atoms with Gasteiger partial charge in [0.2, 0.25) is 0 Å². The highest BCUT2D eigenvalue weighted by Crippen LogP contribution is 2.24. The Labute approximate surface area is 118 Å². The molecule has 0 saturated carbocycles. The number of hydrogen-bond acceptors (Lipinski definition) is 3. The van der Waals surface area contributed by atoms with Crippen molar-refractivity contribution < 1.29 is 0 Å². The maximum atomic E-state index is 3.61. The predicted molar refractivity (Wildman–Crippen MR) is 80.7 cm³/mol. The Bertz CT molecular complexity index is 323. The molecule has 0 atom stereocenters. The zero-order valence-corrected chi connectivity index (χ0v) is 13.6. The van der Waals surface area contributed by atoms with Crippen LogP contribution in [0.1, 0.15) is 18.7 Å². The van der Waals surface area contributed by atoms with Gasteiger partial charge in [-0.15, -0.1) is 11.3 Å². The fourth-order valence-electron chi connectivity index (χ4n) is 1.73. The normalized spacial score (nSPS) is 12.0. The molecule has 0 saturated heterocycles. The van der Waals surface area contributed by atoms with Gasteiger partial charge in [0, 0.05) is 35.5 Å². The van der Waals surface area contributed by atoms with E-state index in [1.807, 2.05) is 11.3 Å². The topological polar surface area (TPSA) is 6.48 Å². The van der Waals surface area contributed by atoms with E-state index in [9.17, 15) is 0 Å². The van der Waals surface area contributed by atoms with Gasteiger partial charge in [0.1, 0.15) is 0 Å². The van der Waals surface area contributed by atoms with E-state index in [-0.39, 0.29) is 0 Å². The van der Waals surface area contributed by atoms with Gasteiger partial charge in [0.25, 0.3) is 0 Å². The monoisotopic (exact) mass is 318 g/mol. The molecule has 0 bridgehead atoms. The van der Waals surface area contributed by atoms with E-state index in [0.29, 0.717) is 0 Å². The van der Waals surface area contributed by atoms with Crippen LogP contribution < -0.4 is 0 Å². The number of hydrogen-bond donors (Lipinski definition) is 0. The smallest absolute Gasteiger partial charge is 0.0339 e. The van der Waals surface area contributed by atoms with Crippen LogP contribution >= 0.6 is 27.3 Å². The van der Waals surface area contributed by atoms with Crippen molar-refractivity contribution in [1.82, 2.24) is 9.80 Å². The van der Waals surface area contributed by atoms with Crippen molar-refractivity contribution in [2.45, 2.75) is 20.4 Å². The maximum absolute atomic E-state index is 3.61. The molecule has 4 heteroatoms. The van der Waals surface area contributed by atoms with E-state index in [1.54, 1.807) is 0 Å². The van der Waals surface area contributed by atoms with Crippen LogP contribution in [0.5, 0.6) is 0 Å². The molecular formula is C13H23BrN2S. The van der Waals surface area contributed by atoms with Gasteiger partial charge in [-0.2, -0.15) is 0 Å². The van der Waals surface area contributed by atoms with Gasteiger partial charge in [0.15, 0.2) is 0 Å². The Kier molecular flexibility index (Phi) is 6.70. The lowest BCUT2D eigenvalue weighted by molar-refractivity contribution is 0.213. The third kappa shape index (κ3) is 6.00. The third-order valence-electron chi connectivity index (χ3n) is 2.55. The first-order valence-corrected chi connectivity index (χ1v) is 7.75. The Morgan fingerprint density at radius 2 is 2.00 bits per heavy atom. The summed E-state index contributed by atoms with van der Waals surface area (Å²) in [4.78, 5) is 6.22. The number of halogens is 1. The molecule has 1 rings (SSSR count). The predicted octanol–water partition coefficient (Wildman–Crippen LogP) is 3.53. The van der Waals surface area contributed by atoms with Gasteiger partial charge in [0.05, 0.1) is 0 Å². The molecule has 0 aliphatic heterocycles. The first kappa shape index (κ1) is 15.2. The largest absolute Gasteiger partial charge is 0.308 e. The summed E-state index contributed by atoms with van der Waals surface area (Å²) in [6.07, 6.45) is 0. The molecule has 2 nitrogen and oxygen atoms in total. The molecule has 0 aliphatic rings. The number of thiophene rings is 1. The minimum atomic E-state index is 0.718. The van der Waals surface area contributed by atoms with Gasteiger partial charge < -0.3 is 4.90 Å². The molecule has 1 aromatic heterocycles. The average molecular weight is 319 g/mol. The molecule has 0 unspecified atom stereocenters. The molecule has 0 aromatic carbocycles. The quantitative estimate of drug-likeness (QED) is 0.758. The minimum Gasteiger partial charge on any atom is -0.308 e. The zero-order valence-electron chi connectivity index (χ0n) is 11.2. The second kappa shape index (κ2) is 7.52. The summed E-state index contributed by atoms with van der Waals surface area (Å²) in [6, 6.07) is 2.14. The van der Waals surface area contributed by atoms with Crippen molar-refractivity contribution in [3.8, 4) is 0 Å². The van der Waals surface area contributed by atoms with Gasteiger partial charge in [-0.3, -0.25) is 4.90 Å². The molecule has 0 fully saturated rings. The number of likely N-dealkylation sites (N-methyl/N-ethyl adjacent to an activating group) is 1. The van der Waals surface area contributed by atoms with Crippen molar-refractivity contribution in [1.29, 1.82) is 0 Å². The third-order valence-corrected chi connectivity index (χ3v) is 4.46. The van der Waals surface area contributed by atoms with Crippen LogP contribution in [0.15, 0.2) is 15.9 Å². The fraction of sp³-hybridized carbons (Fsp3) is 0.692. The van der Waals surface area contributed by atoms with Crippen LogP contribution in [0.25, 0.3) is 0 Å². The van der Waals surface area contributed by atoms with E-state index in [4.69, 9.17) is 0 Å². The molecule has 0 amide bonds. The lowest BCUT2D eigenvalue weighted by Crippen LogP contribution is -2.33. The van der Waals surface area contributed by atoms with Crippen LogP contribution in [0, 0.1) is 5.92 Å². The van der Waals surface area contributed by atoms with Crippen LogP contribution in [0.3, 0.4) is 0 Å². The minimum absolute atomic E-state index is 0.718. The Hall–Kier alpha value is 0.100. The summed E-state index contributed by atoms with van der Waals surface area (Å²) in [5.74, 6) is 0.718. The maximum Gasteiger partial charge on any atom is 0.0339 e. The van der Waals surface area contributed by atoms with E-state index in [1.165, 1.54) is 9.35 Å². The van der Waals surface area contributed by atoms with Gasteiger partial charge in [-0.1, -0.05) is 13.8 Å². The van der Waals surface area contributed by atoms with Crippen LogP contribution in [-0.2, 0) is 6.54 Å². The Morgan fingerprint density at radius 1 is 1.29 bits per heavy atom.